The molecule has 0 aliphatic rings. The van der Waals surface area contributed by atoms with Crippen molar-refractivity contribution in [3.8, 4) is 11.5 Å². The van der Waals surface area contributed by atoms with Crippen LogP contribution in [-0.2, 0) is 13.6 Å². The maximum Gasteiger partial charge on any atom is 0.329 e. The highest BCUT2D eigenvalue weighted by atomic mass is 79.9. The second-order valence-corrected chi connectivity index (χ2v) is 8.88. The quantitative estimate of drug-likeness (QED) is 0.190. The zero-order chi connectivity index (χ0) is 25.1. The summed E-state index contributed by atoms with van der Waals surface area (Å²) >= 11 is 9.20. The SMILES string of the molecule is Cn1c(=O)[nH]c(=O)c2c1nc(NN=Cc1cc(Br)ccc1O)n2CC(O)COc1ccc(Cl)cc1. The van der Waals surface area contributed by atoms with E-state index in [1.807, 2.05) is 0 Å². The van der Waals surface area contributed by atoms with Crippen LogP contribution < -0.4 is 21.4 Å². The number of aromatic hydroxyl groups is 1. The van der Waals surface area contributed by atoms with Gasteiger partial charge in [-0.25, -0.2) is 10.2 Å². The van der Waals surface area contributed by atoms with Crippen LogP contribution in [0.4, 0.5) is 5.95 Å². The lowest BCUT2D eigenvalue weighted by Gasteiger charge is -2.15. The lowest BCUT2D eigenvalue weighted by Crippen LogP contribution is -2.30. The molecule has 0 saturated carbocycles. The van der Waals surface area contributed by atoms with E-state index in [0.29, 0.717) is 16.3 Å². The number of aryl methyl sites for hydroxylation is 1. The van der Waals surface area contributed by atoms with Crippen LogP contribution in [0.5, 0.6) is 11.5 Å². The molecule has 0 aliphatic carbocycles. The first-order chi connectivity index (χ1) is 16.7. The summed E-state index contributed by atoms with van der Waals surface area (Å²) in [7, 11) is 1.46. The molecule has 0 bridgehead atoms. The van der Waals surface area contributed by atoms with Gasteiger partial charge in [-0.1, -0.05) is 27.5 Å². The molecule has 4 N–H and O–H groups in total. The number of rotatable bonds is 8. The molecule has 4 rings (SSSR count). The molecule has 1 unspecified atom stereocenters. The van der Waals surface area contributed by atoms with Gasteiger partial charge < -0.3 is 19.5 Å². The molecule has 1 atom stereocenters. The molecule has 2 heterocycles. The Morgan fingerprint density at radius 1 is 1.29 bits per heavy atom. The number of hydrazone groups is 1. The van der Waals surface area contributed by atoms with Crippen molar-refractivity contribution in [3.63, 3.8) is 0 Å². The van der Waals surface area contributed by atoms with Crippen molar-refractivity contribution in [2.24, 2.45) is 12.1 Å². The average Bonchev–Trinajstić information content (AvgIpc) is 3.18. The lowest BCUT2D eigenvalue weighted by atomic mass is 10.2. The minimum Gasteiger partial charge on any atom is -0.507 e. The molecule has 0 radical (unpaired) electrons. The van der Waals surface area contributed by atoms with E-state index >= 15 is 0 Å². The van der Waals surface area contributed by atoms with E-state index in [9.17, 15) is 19.8 Å². The number of nitrogens with zero attached hydrogens (tertiary/aromatic N) is 4. The number of H-pyrrole nitrogens is 1. The largest absolute Gasteiger partial charge is 0.507 e. The number of aromatic amines is 1. The maximum atomic E-state index is 12.6. The van der Waals surface area contributed by atoms with Gasteiger partial charge in [0, 0.05) is 22.1 Å². The molecule has 0 spiro atoms. The van der Waals surface area contributed by atoms with Crippen LogP contribution >= 0.6 is 27.5 Å². The van der Waals surface area contributed by atoms with E-state index in [1.54, 1.807) is 36.4 Å². The number of halogens is 2. The molecule has 182 valence electrons. The van der Waals surface area contributed by atoms with E-state index in [0.717, 1.165) is 4.47 Å². The van der Waals surface area contributed by atoms with Gasteiger partial charge in [-0.3, -0.25) is 14.3 Å². The smallest absolute Gasteiger partial charge is 0.329 e. The number of phenolic OH excluding ortho intramolecular Hbond substituents is 1. The van der Waals surface area contributed by atoms with Crippen molar-refractivity contribution < 1.29 is 14.9 Å². The van der Waals surface area contributed by atoms with Gasteiger partial charge in [0.05, 0.1) is 12.8 Å². The monoisotopic (exact) mass is 562 g/mol. The topological polar surface area (TPSA) is 147 Å². The molecule has 0 aliphatic heterocycles. The molecule has 13 heteroatoms. The fraction of sp³-hybridized carbons (Fsp3) is 0.182. The van der Waals surface area contributed by atoms with Gasteiger partial charge in [0.25, 0.3) is 5.56 Å². The Kier molecular flexibility index (Phi) is 7.24. The van der Waals surface area contributed by atoms with Crippen molar-refractivity contribution in [2.45, 2.75) is 12.6 Å². The molecule has 0 fully saturated rings. The lowest BCUT2D eigenvalue weighted by molar-refractivity contribution is 0.0938. The number of hydrogen-bond acceptors (Lipinski definition) is 8. The predicted octanol–water partition coefficient (Wildman–Crippen LogP) is 2.43. The summed E-state index contributed by atoms with van der Waals surface area (Å²) in [5, 5.41) is 25.3. The standard InChI is InChI=1S/C22H20BrClN6O5/c1-29-19-18(20(33)27-22(29)34)30(10-15(31)11-35-16-5-3-14(24)4-6-16)21(26-19)28-25-9-12-8-13(23)2-7-17(12)32/h2-9,15,31-32H,10-11H2,1H3,(H,26,28)(H,27,33,34). The number of fused-ring (bicyclic) bond motifs is 1. The second-order valence-electron chi connectivity index (χ2n) is 7.53. The highest BCUT2D eigenvalue weighted by molar-refractivity contribution is 9.10. The number of anilines is 1. The Morgan fingerprint density at radius 3 is 2.77 bits per heavy atom. The van der Waals surface area contributed by atoms with E-state index in [-0.39, 0.29) is 36.0 Å². The number of benzene rings is 2. The Labute approximate surface area is 211 Å². The number of nitrogens with one attached hydrogen (secondary N) is 2. The number of aliphatic hydroxyl groups excluding tert-OH is 1. The first kappa shape index (κ1) is 24.5. The van der Waals surface area contributed by atoms with Crippen molar-refractivity contribution >= 4 is 50.9 Å². The third kappa shape index (κ3) is 5.56. The average molecular weight is 564 g/mol. The molecule has 11 nitrogen and oxygen atoms in total. The highest BCUT2D eigenvalue weighted by Gasteiger charge is 2.20. The highest BCUT2D eigenvalue weighted by Crippen LogP contribution is 2.21. The number of aromatic nitrogens is 4. The third-order valence-corrected chi connectivity index (χ3v) is 5.76. The summed E-state index contributed by atoms with van der Waals surface area (Å²) in [5.74, 6) is 0.629. The maximum absolute atomic E-state index is 12.6. The number of phenols is 1. The van der Waals surface area contributed by atoms with Crippen LogP contribution in [0, 0.1) is 0 Å². The van der Waals surface area contributed by atoms with Crippen LogP contribution in [0.15, 0.2) is 61.6 Å². The number of ether oxygens (including phenoxy) is 1. The van der Waals surface area contributed by atoms with Crippen molar-refractivity contribution in [2.75, 3.05) is 12.0 Å². The van der Waals surface area contributed by atoms with Crippen molar-refractivity contribution in [1.82, 2.24) is 19.1 Å². The Balaban J connectivity index is 1.63. The van der Waals surface area contributed by atoms with Crippen LogP contribution in [0.2, 0.25) is 5.02 Å². The molecular weight excluding hydrogens is 544 g/mol. The summed E-state index contributed by atoms with van der Waals surface area (Å²) in [4.78, 5) is 31.2. The van der Waals surface area contributed by atoms with E-state index in [1.165, 1.54) is 28.5 Å². The number of imidazole rings is 1. The first-order valence-corrected chi connectivity index (χ1v) is 11.4. The zero-order valence-corrected chi connectivity index (χ0v) is 20.6. The Hall–Kier alpha value is -3.61. The molecule has 2 aromatic carbocycles. The van der Waals surface area contributed by atoms with Crippen LogP contribution in [0.1, 0.15) is 5.56 Å². The molecule has 4 aromatic rings. The van der Waals surface area contributed by atoms with Crippen LogP contribution in [0.3, 0.4) is 0 Å². The van der Waals surface area contributed by atoms with Gasteiger partial charge in [-0.05, 0) is 42.5 Å². The van der Waals surface area contributed by atoms with Gasteiger partial charge in [0.15, 0.2) is 11.2 Å². The summed E-state index contributed by atoms with van der Waals surface area (Å²) in [6.45, 7) is -0.176. The van der Waals surface area contributed by atoms with Gasteiger partial charge in [-0.15, -0.1) is 0 Å². The molecule has 2 aromatic heterocycles. The fourth-order valence-corrected chi connectivity index (χ4v) is 3.78. The van der Waals surface area contributed by atoms with Crippen LogP contribution in [0.25, 0.3) is 11.2 Å². The van der Waals surface area contributed by atoms with Gasteiger partial charge in [-0.2, -0.15) is 10.1 Å². The van der Waals surface area contributed by atoms with E-state index < -0.39 is 17.4 Å². The summed E-state index contributed by atoms with van der Waals surface area (Å²) in [6, 6.07) is 11.5. The van der Waals surface area contributed by atoms with Gasteiger partial charge in [0.1, 0.15) is 24.2 Å². The molecule has 0 saturated heterocycles. The summed E-state index contributed by atoms with van der Waals surface area (Å²) < 4.78 is 8.92. The van der Waals surface area contributed by atoms with Crippen molar-refractivity contribution in [3.05, 3.63) is 78.4 Å². The minimum absolute atomic E-state index is 0.0147. The predicted molar refractivity (Wildman–Crippen MR) is 136 cm³/mol. The van der Waals surface area contributed by atoms with E-state index in [4.69, 9.17) is 16.3 Å². The summed E-state index contributed by atoms with van der Waals surface area (Å²) in [6.07, 6.45) is 0.325. The van der Waals surface area contributed by atoms with Gasteiger partial charge >= 0.3 is 5.69 Å². The van der Waals surface area contributed by atoms with Crippen LogP contribution in [-0.4, -0.2) is 48.2 Å². The fourth-order valence-electron chi connectivity index (χ4n) is 3.27. The molecule has 35 heavy (non-hydrogen) atoms. The minimum atomic E-state index is -1.04. The first-order valence-electron chi connectivity index (χ1n) is 10.3. The normalized spacial score (nSPS) is 12.3. The number of hydrogen-bond donors (Lipinski definition) is 4. The number of aliphatic hydroxyl groups is 1. The van der Waals surface area contributed by atoms with Gasteiger partial charge in [0.2, 0.25) is 5.95 Å². The zero-order valence-electron chi connectivity index (χ0n) is 18.3. The Bertz CT molecular complexity index is 1510. The molecule has 0 amide bonds. The van der Waals surface area contributed by atoms with Crippen molar-refractivity contribution in [1.29, 1.82) is 0 Å². The summed E-state index contributed by atoms with van der Waals surface area (Å²) in [5.41, 5.74) is 2.02. The Morgan fingerprint density at radius 2 is 2.03 bits per heavy atom. The molecular formula is C22H20BrClN6O5. The third-order valence-electron chi connectivity index (χ3n) is 5.01. The van der Waals surface area contributed by atoms with E-state index in [2.05, 4.69) is 36.4 Å². The second kappa shape index (κ2) is 10.3.